The van der Waals surface area contributed by atoms with Crippen LogP contribution in [0.3, 0.4) is 0 Å². The fraction of sp³-hybridized carbons (Fsp3) is 0.519. The first kappa shape index (κ1) is 51.6. The highest BCUT2D eigenvalue weighted by molar-refractivity contribution is 5.97. The summed E-state index contributed by atoms with van der Waals surface area (Å²) in [5, 5.41) is 16.8. The van der Waals surface area contributed by atoms with Crippen LogP contribution in [-0.4, -0.2) is 143 Å². The number of rotatable bonds is 10. The molecule has 3 aliphatic rings. The zero-order chi connectivity index (χ0) is 50.6. The molecule has 3 aliphatic heterocycles. The second-order valence-corrected chi connectivity index (χ2v) is 20.4. The van der Waals surface area contributed by atoms with Crippen LogP contribution in [0.2, 0.25) is 0 Å². The van der Waals surface area contributed by atoms with Crippen molar-refractivity contribution in [2.75, 3.05) is 54.5 Å². The lowest BCUT2D eigenvalue weighted by atomic mass is 9.84. The van der Waals surface area contributed by atoms with Crippen molar-refractivity contribution in [3.05, 3.63) is 71.5 Å². The molecule has 4 aromatic rings. The Kier molecular flexibility index (Phi) is 16.0. The third-order valence-corrected chi connectivity index (χ3v) is 13.9. The number of methoxy groups -OCH3 is 1. The van der Waals surface area contributed by atoms with Crippen LogP contribution in [0.4, 0.5) is 0 Å². The minimum Gasteiger partial charge on any atom is -0.508 e. The number of aromatic nitrogens is 2. The number of hydrogen-bond acceptors (Lipinski definition) is 11. The molecule has 2 fully saturated rings. The Morgan fingerprint density at radius 1 is 1.04 bits per heavy atom. The van der Waals surface area contributed by atoms with Crippen molar-refractivity contribution < 1.29 is 38.6 Å². The van der Waals surface area contributed by atoms with Gasteiger partial charge in [-0.1, -0.05) is 45.7 Å². The SMILES string of the molecule is CCn1c(-c2cccnc2COC)c2c3cc(ccc31)-c1cc(O)cc(c1)C[C@H](NC(=O)C(C(C)C)N(C)C(=O)[C@H]1CCN(C(=O)C#C[C@@H](C)N(C)C)C1)C(=O)N1CCC[C@H](N1)C(=O)OCC(C)(C)C2. The number of carbonyl (C=O) groups is 5. The summed E-state index contributed by atoms with van der Waals surface area (Å²) in [6, 6.07) is 12.3. The molecule has 5 atom stereocenters. The van der Waals surface area contributed by atoms with Crippen LogP contribution >= 0.6 is 0 Å². The number of phenols is 1. The number of ether oxygens (including phenoxy) is 2. The summed E-state index contributed by atoms with van der Waals surface area (Å²) in [6.45, 7) is 13.7. The van der Waals surface area contributed by atoms with Gasteiger partial charge in [0.2, 0.25) is 11.8 Å². The van der Waals surface area contributed by atoms with Crippen LogP contribution in [0.15, 0.2) is 54.7 Å². The maximum Gasteiger partial charge on any atom is 0.324 e. The van der Waals surface area contributed by atoms with E-state index in [1.807, 2.05) is 58.0 Å². The van der Waals surface area contributed by atoms with Crippen LogP contribution in [-0.2, 0) is 59.4 Å². The van der Waals surface area contributed by atoms with Crippen LogP contribution < -0.4 is 10.7 Å². The monoisotopic (exact) mass is 959 g/mol. The third-order valence-electron chi connectivity index (χ3n) is 13.9. The largest absolute Gasteiger partial charge is 0.508 e. The van der Waals surface area contributed by atoms with Gasteiger partial charge in [-0.05, 0) is 124 Å². The number of cyclic esters (lactones) is 1. The standard InChI is InChI=1S/C54H70N8O8/c1-11-61-46-18-17-36-28-41(46)42(49(61)40-14-12-21-55-45(40)31-69-10)29-54(5,6)32-70-53(68)43-15-13-22-62(57-43)52(67)44(26-35-24-38(36)27-39(63)25-35)56-50(65)48(33(2)3)59(9)51(66)37-20-23-60(30-37)47(64)19-16-34(4)58(7)8/h12,14,17-18,21,24-25,27-28,33-34,37,43-44,48,57,63H,11,13,15,20,22-23,26,29-32H2,1-10H3,(H,56,65)/t34-,37+,43+,44+,48?/m1/s1. The van der Waals surface area contributed by atoms with E-state index in [0.717, 1.165) is 39.0 Å². The van der Waals surface area contributed by atoms with E-state index in [4.69, 9.17) is 14.5 Å². The number of nitrogens with one attached hydrogen (secondary N) is 2. The number of aromatic hydroxyl groups is 1. The van der Waals surface area contributed by atoms with Gasteiger partial charge >= 0.3 is 5.97 Å². The highest BCUT2D eigenvalue weighted by Gasteiger charge is 2.40. The summed E-state index contributed by atoms with van der Waals surface area (Å²) >= 11 is 0. The second-order valence-electron chi connectivity index (χ2n) is 20.4. The van der Waals surface area contributed by atoms with Crippen LogP contribution in [0.5, 0.6) is 5.75 Å². The number of aryl methyl sites for hydroxylation is 1. The fourth-order valence-corrected chi connectivity index (χ4v) is 10.0. The number of fused-ring (bicyclic) bond motifs is 6. The van der Waals surface area contributed by atoms with Gasteiger partial charge in [-0.2, -0.15) is 0 Å². The molecule has 70 heavy (non-hydrogen) atoms. The number of likely N-dealkylation sites (N-methyl/N-ethyl adjacent to an activating group) is 1. The van der Waals surface area contributed by atoms with E-state index < -0.39 is 47.2 Å². The Bertz CT molecular complexity index is 2680. The lowest BCUT2D eigenvalue weighted by Crippen LogP contribution is -2.62. The van der Waals surface area contributed by atoms with Gasteiger partial charge in [0.1, 0.15) is 23.9 Å². The van der Waals surface area contributed by atoms with E-state index in [0.29, 0.717) is 56.5 Å². The number of phenolic OH excluding ortho intramolecular Hbond substituents is 1. The lowest BCUT2D eigenvalue weighted by molar-refractivity contribution is -0.155. The number of nitrogens with zero attached hydrogens (tertiary/aromatic N) is 6. The van der Waals surface area contributed by atoms with Crippen molar-refractivity contribution in [1.82, 2.24) is 40.0 Å². The molecule has 2 aromatic carbocycles. The first-order valence-electron chi connectivity index (χ1n) is 24.5. The number of hydrazine groups is 1. The predicted molar refractivity (Wildman–Crippen MR) is 268 cm³/mol. The third kappa shape index (κ3) is 11.3. The molecule has 2 aromatic heterocycles. The molecule has 0 spiro atoms. The highest BCUT2D eigenvalue weighted by Crippen LogP contribution is 2.41. The molecule has 374 valence electrons. The zero-order valence-corrected chi connectivity index (χ0v) is 42.4. The molecule has 4 amide bonds. The maximum absolute atomic E-state index is 14.8. The summed E-state index contributed by atoms with van der Waals surface area (Å²) in [6.07, 6.45) is 3.65. The van der Waals surface area contributed by atoms with Gasteiger partial charge in [0, 0.05) is 74.8 Å². The topological polar surface area (TPSA) is 179 Å². The van der Waals surface area contributed by atoms with Gasteiger partial charge in [-0.25, -0.2) is 5.43 Å². The summed E-state index contributed by atoms with van der Waals surface area (Å²) in [7, 11) is 7.00. The van der Waals surface area contributed by atoms with E-state index in [-0.39, 0.29) is 55.6 Å². The molecular weight excluding hydrogens is 889 g/mol. The lowest BCUT2D eigenvalue weighted by Gasteiger charge is -2.37. The normalized spacial score (nSPS) is 20.4. The van der Waals surface area contributed by atoms with E-state index in [1.165, 1.54) is 9.91 Å². The van der Waals surface area contributed by atoms with Gasteiger partial charge < -0.3 is 34.3 Å². The van der Waals surface area contributed by atoms with Gasteiger partial charge in [-0.3, -0.25) is 38.9 Å². The van der Waals surface area contributed by atoms with Crippen molar-refractivity contribution in [3.8, 4) is 40.0 Å². The van der Waals surface area contributed by atoms with E-state index in [9.17, 15) is 29.1 Å². The maximum atomic E-state index is 14.8. The van der Waals surface area contributed by atoms with Gasteiger partial charge in [-0.15, -0.1) is 0 Å². The molecule has 3 N–H and O–H groups in total. The van der Waals surface area contributed by atoms with Crippen LogP contribution in [0.1, 0.15) is 77.6 Å². The minimum absolute atomic E-state index is 0.0150. The van der Waals surface area contributed by atoms with Crippen molar-refractivity contribution in [1.29, 1.82) is 0 Å². The molecule has 2 saturated heterocycles. The number of carbonyl (C=O) groups excluding carboxylic acids is 5. The molecular formula is C54H70N8O8. The minimum atomic E-state index is -1.18. The Hall–Kier alpha value is -6.28. The summed E-state index contributed by atoms with van der Waals surface area (Å²) in [5.41, 5.74) is 9.52. The molecule has 7 rings (SSSR count). The summed E-state index contributed by atoms with van der Waals surface area (Å²) < 4.78 is 14.0. The summed E-state index contributed by atoms with van der Waals surface area (Å²) in [5.74, 6) is 2.62. The van der Waals surface area contributed by atoms with Gasteiger partial charge in [0.15, 0.2) is 0 Å². The molecule has 0 saturated carbocycles. The Morgan fingerprint density at radius 3 is 2.53 bits per heavy atom. The van der Waals surface area contributed by atoms with Crippen LogP contribution in [0.25, 0.3) is 33.3 Å². The molecule has 0 aliphatic carbocycles. The average molecular weight is 959 g/mol. The smallest absolute Gasteiger partial charge is 0.324 e. The number of likely N-dealkylation sites (tertiary alicyclic amines) is 1. The zero-order valence-electron chi connectivity index (χ0n) is 42.4. The first-order valence-corrected chi connectivity index (χ1v) is 24.5. The molecule has 16 nitrogen and oxygen atoms in total. The Morgan fingerprint density at radius 2 is 1.81 bits per heavy atom. The number of esters is 1. The first-order chi connectivity index (χ1) is 33.3. The Balaban J connectivity index is 1.25. The van der Waals surface area contributed by atoms with Gasteiger partial charge in [0.05, 0.1) is 36.6 Å². The summed E-state index contributed by atoms with van der Waals surface area (Å²) in [4.78, 5) is 80.1. The van der Waals surface area contributed by atoms with E-state index in [1.54, 1.807) is 37.4 Å². The predicted octanol–water partition coefficient (Wildman–Crippen LogP) is 5.18. The van der Waals surface area contributed by atoms with Crippen molar-refractivity contribution in [3.63, 3.8) is 0 Å². The van der Waals surface area contributed by atoms with Crippen LogP contribution in [0, 0.1) is 29.1 Å². The molecule has 1 unspecified atom stereocenters. The number of hydrogen-bond donors (Lipinski definition) is 3. The number of benzene rings is 2. The number of amides is 4. The molecule has 5 heterocycles. The van der Waals surface area contributed by atoms with Crippen molar-refractivity contribution in [2.24, 2.45) is 17.3 Å². The molecule has 6 bridgehead atoms. The van der Waals surface area contributed by atoms with E-state index >= 15 is 0 Å². The average Bonchev–Trinajstić information content (AvgIpc) is 3.94. The molecule has 16 heteroatoms. The second kappa shape index (κ2) is 21.8. The number of pyridine rings is 1. The van der Waals surface area contributed by atoms with E-state index in [2.05, 4.69) is 66.1 Å². The van der Waals surface area contributed by atoms with Crippen molar-refractivity contribution in [2.45, 2.75) is 111 Å². The Labute approximate surface area is 412 Å². The van der Waals surface area contributed by atoms with Crippen molar-refractivity contribution >= 4 is 40.5 Å². The fourth-order valence-electron chi connectivity index (χ4n) is 10.0. The highest BCUT2D eigenvalue weighted by atomic mass is 16.5. The quantitative estimate of drug-likeness (QED) is 0.141. The molecule has 0 radical (unpaired) electrons. The van der Waals surface area contributed by atoms with Gasteiger partial charge in [0.25, 0.3) is 11.8 Å².